The number of nitrogens with one attached hydrogen (secondary N) is 1. The minimum Gasteiger partial charge on any atom is -0.382 e. The second kappa shape index (κ2) is 5.77. The summed E-state index contributed by atoms with van der Waals surface area (Å²) in [6.45, 7) is 5.27. The molecule has 1 spiro atoms. The molecule has 1 saturated carbocycles. The van der Waals surface area contributed by atoms with Crippen LogP contribution in [0.5, 0.6) is 0 Å². The fourth-order valence-corrected chi connectivity index (χ4v) is 3.89. The van der Waals surface area contributed by atoms with Gasteiger partial charge in [-0.3, -0.25) is 0 Å². The molecule has 1 atom stereocenters. The molecule has 2 aliphatic rings. The summed E-state index contributed by atoms with van der Waals surface area (Å²) in [6, 6.07) is 7.26. The second-order valence-electron chi connectivity index (χ2n) is 6.74. The highest BCUT2D eigenvalue weighted by atomic mass is 16.5. The van der Waals surface area contributed by atoms with E-state index >= 15 is 0 Å². The molecule has 2 fully saturated rings. The van der Waals surface area contributed by atoms with Gasteiger partial charge in [0.15, 0.2) is 0 Å². The van der Waals surface area contributed by atoms with Crippen molar-refractivity contribution in [1.29, 1.82) is 0 Å². The first kappa shape index (κ1) is 13.9. The maximum atomic E-state index is 6.18. The number of benzene rings is 1. The monoisotopic (exact) mass is 273 g/mol. The molecular weight excluding hydrogens is 246 g/mol. The van der Waals surface area contributed by atoms with Crippen LogP contribution in [0, 0.1) is 13.8 Å². The minimum absolute atomic E-state index is 0.187. The highest BCUT2D eigenvalue weighted by molar-refractivity contribution is 5.52. The van der Waals surface area contributed by atoms with Crippen molar-refractivity contribution < 1.29 is 4.74 Å². The van der Waals surface area contributed by atoms with Crippen LogP contribution in [0.3, 0.4) is 0 Å². The van der Waals surface area contributed by atoms with Gasteiger partial charge in [0.05, 0.1) is 5.60 Å². The second-order valence-corrected chi connectivity index (χ2v) is 6.74. The molecule has 3 rings (SSSR count). The van der Waals surface area contributed by atoms with Gasteiger partial charge in [-0.15, -0.1) is 0 Å². The van der Waals surface area contributed by atoms with Gasteiger partial charge in [-0.1, -0.05) is 37.0 Å². The van der Waals surface area contributed by atoms with E-state index in [1.165, 1.54) is 55.3 Å². The zero-order valence-electron chi connectivity index (χ0n) is 12.9. The first-order valence-electron chi connectivity index (χ1n) is 8.15. The number of ether oxygens (including phenoxy) is 1. The molecule has 110 valence electrons. The molecule has 1 aliphatic carbocycles. The zero-order chi connectivity index (χ0) is 14.0. The van der Waals surface area contributed by atoms with Crippen molar-refractivity contribution in [3.63, 3.8) is 0 Å². The Bertz CT molecular complexity index is 457. The molecule has 1 aliphatic heterocycles. The molecule has 1 N–H and O–H groups in total. The molecule has 0 radical (unpaired) electrons. The molecule has 2 nitrogen and oxygen atoms in total. The van der Waals surface area contributed by atoms with Crippen LogP contribution < -0.4 is 5.32 Å². The molecule has 20 heavy (non-hydrogen) atoms. The van der Waals surface area contributed by atoms with Gasteiger partial charge in [0, 0.05) is 18.3 Å². The van der Waals surface area contributed by atoms with Gasteiger partial charge in [-0.25, -0.2) is 0 Å². The topological polar surface area (TPSA) is 21.3 Å². The molecule has 1 heterocycles. The average molecular weight is 273 g/mol. The van der Waals surface area contributed by atoms with Gasteiger partial charge >= 0.3 is 0 Å². The van der Waals surface area contributed by atoms with E-state index in [1.807, 2.05) is 0 Å². The number of hydrogen-bond acceptors (Lipinski definition) is 2. The van der Waals surface area contributed by atoms with Gasteiger partial charge in [0.25, 0.3) is 0 Å². The molecule has 1 aromatic carbocycles. The van der Waals surface area contributed by atoms with E-state index in [1.54, 1.807) is 0 Å². The van der Waals surface area contributed by atoms with E-state index in [2.05, 4.69) is 37.4 Å². The normalized spacial score (nSPS) is 25.6. The molecule has 1 unspecified atom stereocenters. The van der Waals surface area contributed by atoms with Crippen molar-refractivity contribution >= 4 is 5.69 Å². The van der Waals surface area contributed by atoms with Gasteiger partial charge in [-0.2, -0.15) is 0 Å². The summed E-state index contributed by atoms with van der Waals surface area (Å²) >= 11 is 0. The Hall–Kier alpha value is -1.02. The number of aryl methyl sites for hydroxylation is 2. The third-order valence-corrected chi connectivity index (χ3v) is 5.00. The summed E-state index contributed by atoms with van der Waals surface area (Å²) < 4.78 is 6.18. The zero-order valence-corrected chi connectivity index (χ0v) is 12.9. The van der Waals surface area contributed by atoms with Crippen LogP contribution >= 0.6 is 0 Å². The van der Waals surface area contributed by atoms with Crippen molar-refractivity contribution in [3.05, 3.63) is 29.3 Å². The average Bonchev–Trinajstić information content (AvgIpc) is 2.43. The summed E-state index contributed by atoms with van der Waals surface area (Å²) in [5.41, 5.74) is 4.18. The maximum absolute atomic E-state index is 6.18. The van der Waals surface area contributed by atoms with Crippen LogP contribution in [0.1, 0.15) is 56.1 Å². The summed E-state index contributed by atoms with van der Waals surface area (Å²) in [5, 5.41) is 3.77. The highest BCUT2D eigenvalue weighted by Gasteiger charge is 2.38. The highest BCUT2D eigenvalue weighted by Crippen LogP contribution is 2.39. The van der Waals surface area contributed by atoms with E-state index in [9.17, 15) is 0 Å². The van der Waals surface area contributed by atoms with Crippen molar-refractivity contribution in [3.8, 4) is 0 Å². The summed E-state index contributed by atoms with van der Waals surface area (Å²) in [5.74, 6) is 0. The summed E-state index contributed by atoms with van der Waals surface area (Å²) in [7, 11) is 0. The smallest absolute Gasteiger partial charge is 0.0702 e. The predicted octanol–water partition coefficient (Wildman–Crippen LogP) is 4.60. The Morgan fingerprint density at radius 2 is 1.95 bits per heavy atom. The van der Waals surface area contributed by atoms with Crippen molar-refractivity contribution in [2.24, 2.45) is 0 Å². The van der Waals surface area contributed by atoms with E-state index in [0.29, 0.717) is 6.04 Å². The Balaban J connectivity index is 1.68. The maximum Gasteiger partial charge on any atom is 0.0702 e. The van der Waals surface area contributed by atoms with Gasteiger partial charge < -0.3 is 10.1 Å². The summed E-state index contributed by atoms with van der Waals surface area (Å²) in [6.07, 6.45) is 8.92. The largest absolute Gasteiger partial charge is 0.382 e. The third kappa shape index (κ3) is 3.01. The van der Waals surface area contributed by atoms with Crippen LogP contribution in [0.25, 0.3) is 0 Å². The third-order valence-electron chi connectivity index (χ3n) is 5.00. The molecule has 1 saturated heterocycles. The number of anilines is 1. The molecule has 2 heteroatoms. The quantitative estimate of drug-likeness (QED) is 0.850. The number of hydrogen-bond donors (Lipinski definition) is 1. The van der Waals surface area contributed by atoms with Gasteiger partial charge in [-0.05, 0) is 51.2 Å². The fourth-order valence-electron chi connectivity index (χ4n) is 3.89. The minimum atomic E-state index is 0.187. The molecule has 0 aromatic heterocycles. The van der Waals surface area contributed by atoms with E-state index in [-0.39, 0.29) is 5.60 Å². The van der Waals surface area contributed by atoms with E-state index < -0.39 is 0 Å². The van der Waals surface area contributed by atoms with Crippen LogP contribution in [0.15, 0.2) is 18.2 Å². The lowest BCUT2D eigenvalue weighted by atomic mass is 9.78. The molecule has 0 amide bonds. The van der Waals surface area contributed by atoms with E-state index in [0.717, 1.165) is 13.0 Å². The van der Waals surface area contributed by atoms with Crippen molar-refractivity contribution in [1.82, 2.24) is 0 Å². The lowest BCUT2D eigenvalue weighted by Gasteiger charge is -2.44. The first-order chi connectivity index (χ1) is 9.67. The van der Waals surface area contributed by atoms with Crippen molar-refractivity contribution in [2.45, 2.75) is 70.4 Å². The van der Waals surface area contributed by atoms with Crippen molar-refractivity contribution in [2.75, 3.05) is 11.9 Å². The molecular formula is C18H27NO. The van der Waals surface area contributed by atoms with Crippen LogP contribution in [-0.4, -0.2) is 18.2 Å². The standard InChI is InChI=1S/C18H27NO/c1-14-6-7-17(15(2)12-14)19-16-8-11-20-18(13-16)9-4-3-5-10-18/h6-7,12,16,19H,3-5,8-11,13H2,1-2H3. The van der Waals surface area contributed by atoms with Gasteiger partial charge in [0.2, 0.25) is 0 Å². The Morgan fingerprint density at radius 3 is 2.70 bits per heavy atom. The Morgan fingerprint density at radius 1 is 1.15 bits per heavy atom. The lowest BCUT2D eigenvalue weighted by molar-refractivity contribution is -0.103. The summed E-state index contributed by atoms with van der Waals surface area (Å²) in [4.78, 5) is 0. The van der Waals surface area contributed by atoms with Crippen LogP contribution in [0.2, 0.25) is 0 Å². The SMILES string of the molecule is Cc1ccc(NC2CCOC3(CCCCC3)C2)c(C)c1. The molecule has 1 aromatic rings. The fraction of sp³-hybridized carbons (Fsp3) is 0.667. The lowest BCUT2D eigenvalue weighted by Crippen LogP contribution is -2.45. The van der Waals surface area contributed by atoms with Crippen LogP contribution in [0.4, 0.5) is 5.69 Å². The molecule has 0 bridgehead atoms. The number of rotatable bonds is 2. The van der Waals surface area contributed by atoms with E-state index in [4.69, 9.17) is 4.74 Å². The first-order valence-corrected chi connectivity index (χ1v) is 8.15. The predicted molar refractivity (Wildman–Crippen MR) is 84.3 cm³/mol. The Kier molecular flexibility index (Phi) is 4.02. The Labute approximate surface area is 122 Å². The van der Waals surface area contributed by atoms with Crippen LogP contribution in [-0.2, 0) is 4.74 Å². The van der Waals surface area contributed by atoms with Gasteiger partial charge in [0.1, 0.15) is 0 Å².